The summed E-state index contributed by atoms with van der Waals surface area (Å²) in [5.74, 6) is -0.408. The largest absolute Gasteiger partial charge is 0.327 e. The number of hydrogen-bond donors (Lipinski definition) is 1. The number of carbonyl (C=O) groups is 3. The summed E-state index contributed by atoms with van der Waals surface area (Å²) in [7, 11) is 0. The first-order chi connectivity index (χ1) is 12.5. The van der Waals surface area contributed by atoms with Crippen molar-refractivity contribution in [3.05, 3.63) is 29.8 Å². The number of likely N-dealkylation sites (N-methyl/N-ethyl adjacent to an activating group) is 1. The Kier molecular flexibility index (Phi) is 4.91. The monoisotopic (exact) mass is 355 g/mol. The average molecular weight is 355 g/mol. The van der Waals surface area contributed by atoms with E-state index < -0.39 is 12.1 Å². The van der Waals surface area contributed by atoms with Crippen LogP contribution in [0.25, 0.3) is 0 Å². The molecule has 26 heavy (non-hydrogen) atoms. The summed E-state index contributed by atoms with van der Waals surface area (Å²) in [6.07, 6.45) is 0. The maximum absolute atomic E-state index is 12.6. The molecule has 0 radical (unpaired) electrons. The first-order valence-corrected chi connectivity index (χ1v) is 8.63. The number of nitrogens with zero attached hydrogens (tertiary/aromatic N) is 4. The van der Waals surface area contributed by atoms with Crippen LogP contribution in [-0.4, -0.2) is 70.8 Å². The van der Waals surface area contributed by atoms with Crippen molar-refractivity contribution in [1.82, 2.24) is 14.7 Å². The molecule has 2 unspecified atom stereocenters. The molecule has 0 bridgehead atoms. The normalized spacial score (nSPS) is 21.3. The van der Waals surface area contributed by atoms with E-state index >= 15 is 0 Å². The molecule has 2 fully saturated rings. The Balaban J connectivity index is 1.66. The van der Waals surface area contributed by atoms with Gasteiger partial charge in [-0.3, -0.25) is 19.4 Å². The molecule has 136 valence electrons. The standard InChI is InChI=1S/C18H21N5O3/c1-3-22-17(25)15-11-21(7-8-23(15)18(22)26)12(2)16(24)20-14-6-4-5-13(9-14)10-19/h4-6,9,12,15H,3,7-8,11H2,1-2H3,(H,20,24). The Morgan fingerprint density at radius 2 is 2.15 bits per heavy atom. The number of hydrogen-bond acceptors (Lipinski definition) is 5. The number of urea groups is 1. The Labute approximate surface area is 152 Å². The molecule has 4 amide bonds. The summed E-state index contributed by atoms with van der Waals surface area (Å²) < 4.78 is 0. The molecule has 0 spiro atoms. The third-order valence-electron chi connectivity index (χ3n) is 4.94. The number of amides is 4. The number of piperazine rings is 1. The molecule has 3 rings (SSSR count). The van der Waals surface area contributed by atoms with Crippen LogP contribution in [0.2, 0.25) is 0 Å². The number of imide groups is 1. The number of carbonyl (C=O) groups excluding carboxylic acids is 3. The summed E-state index contributed by atoms with van der Waals surface area (Å²) in [6, 6.07) is 7.53. The number of benzene rings is 1. The lowest BCUT2D eigenvalue weighted by atomic mass is 10.1. The first-order valence-electron chi connectivity index (χ1n) is 8.63. The number of anilines is 1. The molecular formula is C18H21N5O3. The Morgan fingerprint density at radius 3 is 2.85 bits per heavy atom. The maximum atomic E-state index is 12.6. The van der Waals surface area contributed by atoms with Gasteiger partial charge < -0.3 is 10.2 Å². The Bertz CT molecular complexity index is 787. The fourth-order valence-corrected chi connectivity index (χ4v) is 3.40. The SMILES string of the molecule is CCN1C(=O)C2CN(C(C)C(=O)Nc3cccc(C#N)c3)CCN2C1=O. The molecule has 2 heterocycles. The van der Waals surface area contributed by atoms with E-state index in [0.29, 0.717) is 37.4 Å². The van der Waals surface area contributed by atoms with Gasteiger partial charge >= 0.3 is 6.03 Å². The lowest BCUT2D eigenvalue weighted by Gasteiger charge is -2.38. The summed E-state index contributed by atoms with van der Waals surface area (Å²) in [6.45, 7) is 5.20. The molecule has 1 aromatic carbocycles. The van der Waals surface area contributed by atoms with Crippen LogP contribution in [0, 0.1) is 11.3 Å². The van der Waals surface area contributed by atoms with E-state index in [4.69, 9.17) is 5.26 Å². The highest BCUT2D eigenvalue weighted by atomic mass is 16.2. The second-order valence-electron chi connectivity index (χ2n) is 6.43. The molecule has 0 saturated carbocycles. The fraction of sp³-hybridized carbons (Fsp3) is 0.444. The van der Waals surface area contributed by atoms with E-state index in [1.165, 1.54) is 4.90 Å². The number of nitrogens with one attached hydrogen (secondary N) is 1. The molecular weight excluding hydrogens is 334 g/mol. The zero-order chi connectivity index (χ0) is 18.8. The van der Waals surface area contributed by atoms with Gasteiger partial charge in [-0.05, 0) is 32.0 Å². The van der Waals surface area contributed by atoms with Crippen molar-refractivity contribution in [3.8, 4) is 6.07 Å². The van der Waals surface area contributed by atoms with Crippen LogP contribution in [0.4, 0.5) is 10.5 Å². The Morgan fingerprint density at radius 1 is 1.38 bits per heavy atom. The van der Waals surface area contributed by atoms with Crippen LogP contribution in [0.15, 0.2) is 24.3 Å². The molecule has 8 heteroatoms. The zero-order valence-corrected chi connectivity index (χ0v) is 14.8. The lowest BCUT2D eigenvalue weighted by molar-refractivity contribution is -0.131. The minimum absolute atomic E-state index is 0.198. The Hall–Kier alpha value is -2.92. The molecule has 0 aromatic heterocycles. The molecule has 1 N–H and O–H groups in total. The van der Waals surface area contributed by atoms with Crippen molar-refractivity contribution in [1.29, 1.82) is 5.26 Å². The highest BCUT2D eigenvalue weighted by molar-refractivity contribution is 6.04. The van der Waals surface area contributed by atoms with E-state index in [2.05, 4.69) is 5.32 Å². The molecule has 2 saturated heterocycles. The minimum Gasteiger partial charge on any atom is -0.325 e. The van der Waals surface area contributed by atoms with Crippen molar-refractivity contribution in [2.24, 2.45) is 0 Å². The van der Waals surface area contributed by atoms with Crippen LogP contribution in [-0.2, 0) is 9.59 Å². The maximum Gasteiger partial charge on any atom is 0.327 e. The van der Waals surface area contributed by atoms with Gasteiger partial charge in [0.15, 0.2) is 0 Å². The quantitative estimate of drug-likeness (QED) is 0.808. The minimum atomic E-state index is -0.520. The van der Waals surface area contributed by atoms with Gasteiger partial charge in [-0.2, -0.15) is 5.26 Å². The molecule has 0 aliphatic carbocycles. The molecule has 2 aliphatic rings. The smallest absolute Gasteiger partial charge is 0.325 e. The van der Waals surface area contributed by atoms with Gasteiger partial charge in [-0.15, -0.1) is 0 Å². The third-order valence-corrected chi connectivity index (χ3v) is 4.94. The van der Waals surface area contributed by atoms with E-state index in [1.54, 1.807) is 43.0 Å². The van der Waals surface area contributed by atoms with Gasteiger partial charge in [0.05, 0.1) is 17.7 Å². The summed E-state index contributed by atoms with van der Waals surface area (Å²) in [4.78, 5) is 41.9. The topological polar surface area (TPSA) is 96.8 Å². The van der Waals surface area contributed by atoms with E-state index in [-0.39, 0.29) is 17.8 Å². The van der Waals surface area contributed by atoms with E-state index in [0.717, 1.165) is 0 Å². The van der Waals surface area contributed by atoms with Gasteiger partial charge in [-0.25, -0.2) is 4.79 Å². The number of rotatable bonds is 4. The average Bonchev–Trinajstić information content (AvgIpc) is 2.90. The van der Waals surface area contributed by atoms with E-state index in [1.807, 2.05) is 11.0 Å². The number of fused-ring (bicyclic) bond motifs is 1. The van der Waals surface area contributed by atoms with Crippen LogP contribution in [0.1, 0.15) is 19.4 Å². The highest BCUT2D eigenvalue weighted by Crippen LogP contribution is 2.23. The second kappa shape index (κ2) is 7.14. The fourth-order valence-electron chi connectivity index (χ4n) is 3.40. The summed E-state index contributed by atoms with van der Waals surface area (Å²) >= 11 is 0. The zero-order valence-electron chi connectivity index (χ0n) is 14.8. The van der Waals surface area contributed by atoms with Crippen molar-refractivity contribution in [2.75, 3.05) is 31.5 Å². The van der Waals surface area contributed by atoms with Gasteiger partial charge in [0, 0.05) is 31.9 Å². The molecule has 8 nitrogen and oxygen atoms in total. The van der Waals surface area contributed by atoms with Crippen molar-refractivity contribution < 1.29 is 14.4 Å². The number of nitriles is 1. The summed E-state index contributed by atoms with van der Waals surface area (Å²) in [5.41, 5.74) is 1.03. The van der Waals surface area contributed by atoms with Gasteiger partial charge in [-0.1, -0.05) is 6.07 Å². The third kappa shape index (κ3) is 3.13. The predicted molar refractivity (Wildman–Crippen MR) is 94.1 cm³/mol. The first kappa shape index (κ1) is 17.9. The van der Waals surface area contributed by atoms with Crippen molar-refractivity contribution >= 4 is 23.5 Å². The van der Waals surface area contributed by atoms with Crippen molar-refractivity contribution in [2.45, 2.75) is 25.9 Å². The van der Waals surface area contributed by atoms with Crippen LogP contribution in [0.5, 0.6) is 0 Å². The van der Waals surface area contributed by atoms with Crippen LogP contribution < -0.4 is 5.32 Å². The lowest BCUT2D eigenvalue weighted by Crippen LogP contribution is -2.57. The summed E-state index contributed by atoms with van der Waals surface area (Å²) in [5, 5.41) is 11.8. The molecule has 1 aromatic rings. The highest BCUT2D eigenvalue weighted by Gasteiger charge is 2.47. The van der Waals surface area contributed by atoms with Gasteiger partial charge in [0.1, 0.15) is 6.04 Å². The molecule has 2 atom stereocenters. The van der Waals surface area contributed by atoms with Crippen LogP contribution in [0.3, 0.4) is 0 Å². The van der Waals surface area contributed by atoms with Gasteiger partial charge in [0.25, 0.3) is 5.91 Å². The van der Waals surface area contributed by atoms with Crippen LogP contribution >= 0.6 is 0 Å². The van der Waals surface area contributed by atoms with Crippen molar-refractivity contribution in [3.63, 3.8) is 0 Å². The van der Waals surface area contributed by atoms with Gasteiger partial charge in [0.2, 0.25) is 5.91 Å². The predicted octanol–water partition coefficient (Wildman–Crippen LogP) is 0.854. The van der Waals surface area contributed by atoms with E-state index in [9.17, 15) is 14.4 Å². The molecule has 2 aliphatic heterocycles. The second-order valence-corrected chi connectivity index (χ2v) is 6.43.